The zero-order chi connectivity index (χ0) is 14.8. The largest absolute Gasteiger partial charge is 0.338 e. The number of halogens is 1. The van der Waals surface area contributed by atoms with E-state index >= 15 is 0 Å². The Bertz CT molecular complexity index is 470. The van der Waals surface area contributed by atoms with Gasteiger partial charge in [0.2, 0.25) is 0 Å². The predicted molar refractivity (Wildman–Crippen MR) is 91.8 cm³/mol. The molecule has 1 aromatic rings. The maximum absolute atomic E-state index is 11.9. The predicted octanol–water partition coefficient (Wildman–Crippen LogP) is 4.49. The van der Waals surface area contributed by atoms with E-state index in [9.17, 15) is 4.79 Å². The molecule has 1 fully saturated rings. The third kappa shape index (κ3) is 3.45. The number of anilines is 1. The second kappa shape index (κ2) is 6.33. The number of rotatable bonds is 4. The van der Waals surface area contributed by atoms with E-state index < -0.39 is 0 Å². The first kappa shape index (κ1) is 15.6. The number of carbonyl (C=O) groups is 1. The first-order chi connectivity index (χ1) is 9.43. The molecule has 110 valence electrons. The summed E-state index contributed by atoms with van der Waals surface area (Å²) in [5.74, 6) is 1.39. The fraction of sp³-hybridized carbons (Fsp3) is 0.562. The molecule has 2 amide bonds. The molecule has 0 aliphatic heterocycles. The summed E-state index contributed by atoms with van der Waals surface area (Å²) in [5, 5.41) is 5.87. The fourth-order valence-corrected chi connectivity index (χ4v) is 3.45. The average molecular weight is 386 g/mol. The van der Waals surface area contributed by atoms with Gasteiger partial charge in [0.15, 0.2) is 0 Å². The Morgan fingerprint density at radius 3 is 2.50 bits per heavy atom. The lowest BCUT2D eigenvalue weighted by Gasteiger charge is -2.52. The van der Waals surface area contributed by atoms with Crippen LogP contribution in [0.2, 0.25) is 0 Å². The Balaban J connectivity index is 1.77. The van der Waals surface area contributed by atoms with Crippen LogP contribution in [0.1, 0.15) is 33.6 Å². The van der Waals surface area contributed by atoms with Crippen molar-refractivity contribution < 1.29 is 4.79 Å². The molecule has 2 N–H and O–H groups in total. The summed E-state index contributed by atoms with van der Waals surface area (Å²) in [4.78, 5) is 11.9. The van der Waals surface area contributed by atoms with Gasteiger partial charge in [-0.2, -0.15) is 0 Å². The second-order valence-corrected chi connectivity index (χ2v) is 7.45. The van der Waals surface area contributed by atoms with Crippen LogP contribution in [0.5, 0.6) is 0 Å². The van der Waals surface area contributed by atoms with Crippen molar-refractivity contribution in [2.45, 2.75) is 33.6 Å². The molecular weight excluding hydrogens is 363 g/mol. The van der Waals surface area contributed by atoms with Gasteiger partial charge in [0.05, 0.1) is 0 Å². The Labute approximate surface area is 135 Å². The molecule has 1 saturated carbocycles. The standard InChI is InChI=1S/C16H23IN2O/c1-4-11-9-12(16(11,2)3)10-18-15(20)19-14-7-5-13(17)6-8-14/h5-8,11-12H,4,9-10H2,1-3H3,(H2,18,19,20)/t11-,12-/m1/s1. The van der Waals surface area contributed by atoms with Gasteiger partial charge in [0.25, 0.3) is 0 Å². The van der Waals surface area contributed by atoms with E-state index in [4.69, 9.17) is 0 Å². The summed E-state index contributed by atoms with van der Waals surface area (Å²) < 4.78 is 1.16. The minimum atomic E-state index is -0.109. The van der Waals surface area contributed by atoms with E-state index in [-0.39, 0.29) is 6.03 Å². The number of hydrogen-bond acceptors (Lipinski definition) is 1. The topological polar surface area (TPSA) is 41.1 Å². The Kier molecular flexibility index (Phi) is 4.94. The van der Waals surface area contributed by atoms with Crippen LogP contribution in [0.3, 0.4) is 0 Å². The van der Waals surface area contributed by atoms with Gasteiger partial charge in [0.1, 0.15) is 0 Å². The lowest BCUT2D eigenvalue weighted by molar-refractivity contribution is -0.0193. The van der Waals surface area contributed by atoms with Crippen LogP contribution < -0.4 is 10.6 Å². The number of hydrogen-bond donors (Lipinski definition) is 2. The smallest absolute Gasteiger partial charge is 0.319 e. The Hall–Kier alpha value is -0.780. The number of carbonyl (C=O) groups excluding carboxylic acids is 1. The third-order valence-corrected chi connectivity index (χ3v) is 5.50. The normalized spacial score (nSPS) is 23.8. The van der Waals surface area contributed by atoms with E-state index in [1.54, 1.807) is 0 Å². The summed E-state index contributed by atoms with van der Waals surface area (Å²) in [6.07, 6.45) is 2.46. The van der Waals surface area contributed by atoms with E-state index in [0.717, 1.165) is 21.7 Å². The molecule has 1 aromatic carbocycles. The molecule has 0 saturated heterocycles. The van der Waals surface area contributed by atoms with Gasteiger partial charge >= 0.3 is 6.03 Å². The summed E-state index contributed by atoms with van der Waals surface area (Å²) in [7, 11) is 0. The SMILES string of the molecule is CC[C@@H]1C[C@H](CNC(=O)Nc2ccc(I)cc2)C1(C)C. The molecule has 1 aliphatic rings. The van der Waals surface area contributed by atoms with E-state index in [0.29, 0.717) is 11.3 Å². The van der Waals surface area contributed by atoms with Crippen LogP contribution >= 0.6 is 22.6 Å². The van der Waals surface area contributed by atoms with Gasteiger partial charge in [-0.3, -0.25) is 0 Å². The van der Waals surface area contributed by atoms with Crippen molar-refractivity contribution >= 4 is 34.3 Å². The van der Waals surface area contributed by atoms with Crippen molar-refractivity contribution in [1.29, 1.82) is 0 Å². The van der Waals surface area contributed by atoms with Crippen LogP contribution in [0.25, 0.3) is 0 Å². The van der Waals surface area contributed by atoms with Crippen molar-refractivity contribution in [3.8, 4) is 0 Å². The number of nitrogens with one attached hydrogen (secondary N) is 2. The van der Waals surface area contributed by atoms with Crippen molar-refractivity contribution in [3.05, 3.63) is 27.8 Å². The highest BCUT2D eigenvalue weighted by atomic mass is 127. The molecule has 2 atom stereocenters. The number of urea groups is 1. The van der Waals surface area contributed by atoms with Gasteiger partial charge < -0.3 is 10.6 Å². The molecule has 0 bridgehead atoms. The van der Waals surface area contributed by atoms with Crippen molar-refractivity contribution in [2.75, 3.05) is 11.9 Å². The highest BCUT2D eigenvalue weighted by Crippen LogP contribution is 2.52. The summed E-state index contributed by atoms with van der Waals surface area (Å²) >= 11 is 2.25. The molecule has 0 heterocycles. The minimum absolute atomic E-state index is 0.109. The molecule has 3 nitrogen and oxygen atoms in total. The van der Waals surface area contributed by atoms with Crippen molar-refractivity contribution in [3.63, 3.8) is 0 Å². The molecule has 20 heavy (non-hydrogen) atoms. The average Bonchev–Trinajstić information content (AvgIpc) is 2.40. The lowest BCUT2D eigenvalue weighted by atomic mass is 9.54. The first-order valence-corrected chi connectivity index (χ1v) is 8.31. The number of amides is 2. The van der Waals surface area contributed by atoms with Gasteiger partial charge in [0, 0.05) is 15.8 Å². The van der Waals surface area contributed by atoms with Gasteiger partial charge in [-0.15, -0.1) is 0 Å². The maximum Gasteiger partial charge on any atom is 0.319 e. The third-order valence-electron chi connectivity index (χ3n) is 4.78. The molecule has 0 aromatic heterocycles. The zero-order valence-electron chi connectivity index (χ0n) is 12.4. The molecule has 0 radical (unpaired) electrons. The molecular formula is C16H23IN2O. The van der Waals surface area contributed by atoms with Gasteiger partial charge in [-0.1, -0.05) is 27.2 Å². The second-order valence-electron chi connectivity index (χ2n) is 6.20. The van der Waals surface area contributed by atoms with E-state index in [2.05, 4.69) is 54.0 Å². The van der Waals surface area contributed by atoms with E-state index in [1.807, 2.05) is 24.3 Å². The van der Waals surface area contributed by atoms with Crippen LogP contribution in [0.4, 0.5) is 10.5 Å². The fourth-order valence-electron chi connectivity index (χ4n) is 3.09. The van der Waals surface area contributed by atoms with E-state index in [1.165, 1.54) is 12.8 Å². The van der Waals surface area contributed by atoms with Crippen molar-refractivity contribution in [1.82, 2.24) is 5.32 Å². The zero-order valence-corrected chi connectivity index (χ0v) is 14.5. The van der Waals surface area contributed by atoms with Gasteiger partial charge in [-0.25, -0.2) is 4.79 Å². The van der Waals surface area contributed by atoms with Crippen molar-refractivity contribution in [2.24, 2.45) is 17.3 Å². The molecule has 2 rings (SSSR count). The molecule has 0 spiro atoms. The first-order valence-electron chi connectivity index (χ1n) is 7.24. The van der Waals surface area contributed by atoms with Crippen LogP contribution in [-0.2, 0) is 0 Å². The van der Waals surface area contributed by atoms with Crippen LogP contribution in [-0.4, -0.2) is 12.6 Å². The van der Waals surface area contributed by atoms with Crippen LogP contribution in [0.15, 0.2) is 24.3 Å². The maximum atomic E-state index is 11.9. The quantitative estimate of drug-likeness (QED) is 0.736. The minimum Gasteiger partial charge on any atom is -0.338 e. The van der Waals surface area contributed by atoms with Gasteiger partial charge in [-0.05, 0) is 70.5 Å². The highest BCUT2D eigenvalue weighted by molar-refractivity contribution is 14.1. The molecule has 0 unspecified atom stereocenters. The number of benzene rings is 1. The molecule has 4 heteroatoms. The molecule has 1 aliphatic carbocycles. The Morgan fingerprint density at radius 1 is 1.30 bits per heavy atom. The summed E-state index contributed by atoms with van der Waals surface area (Å²) in [6, 6.07) is 7.69. The van der Waals surface area contributed by atoms with Crippen LogP contribution in [0, 0.1) is 20.8 Å². The summed E-state index contributed by atoms with van der Waals surface area (Å²) in [5.41, 5.74) is 1.19. The lowest BCUT2D eigenvalue weighted by Crippen LogP contribution is -2.50. The monoisotopic (exact) mass is 386 g/mol. The Morgan fingerprint density at radius 2 is 1.95 bits per heavy atom. The summed E-state index contributed by atoms with van der Waals surface area (Å²) in [6.45, 7) is 7.64. The highest BCUT2D eigenvalue weighted by Gasteiger charge is 2.46.